The van der Waals surface area contributed by atoms with Gasteiger partial charge in [0, 0.05) is 17.8 Å². The summed E-state index contributed by atoms with van der Waals surface area (Å²) in [7, 11) is 0. The minimum atomic E-state index is -1.03. The third-order valence-corrected chi connectivity index (χ3v) is 3.98. The fourth-order valence-corrected chi connectivity index (χ4v) is 3.01. The van der Waals surface area contributed by atoms with Crippen molar-refractivity contribution in [1.82, 2.24) is 0 Å². The molecule has 0 aliphatic heterocycles. The first kappa shape index (κ1) is 14.3. The summed E-state index contributed by atoms with van der Waals surface area (Å²) in [6, 6.07) is 15.9. The summed E-state index contributed by atoms with van der Waals surface area (Å²) in [4.78, 5) is 11.3. The Morgan fingerprint density at radius 3 is 1.70 bits per heavy atom. The molecule has 104 valence electrons. The van der Waals surface area contributed by atoms with Crippen molar-refractivity contribution in [3.05, 3.63) is 70.8 Å². The molecule has 2 heteroatoms. The smallest absolute Gasteiger partial charge is 0.0426 e. The second-order valence-electron chi connectivity index (χ2n) is 5.51. The average Bonchev–Trinajstić information content (AvgIpc) is 2.38. The predicted molar refractivity (Wildman–Crippen MR) is 78.4 cm³/mol. The van der Waals surface area contributed by atoms with Gasteiger partial charge in [-0.1, -0.05) is 55.5 Å². The Hall–Kier alpha value is -2.09. The highest BCUT2D eigenvalue weighted by atomic mass is 16.4. The highest BCUT2D eigenvalue weighted by molar-refractivity contribution is 5.69. The van der Waals surface area contributed by atoms with Crippen LogP contribution < -0.4 is 5.11 Å². The lowest BCUT2D eigenvalue weighted by atomic mass is 9.71. The van der Waals surface area contributed by atoms with Gasteiger partial charge in [-0.2, -0.15) is 0 Å². The van der Waals surface area contributed by atoms with Gasteiger partial charge in [0.05, 0.1) is 0 Å². The summed E-state index contributed by atoms with van der Waals surface area (Å²) in [6.07, 6.45) is -0.0251. The maximum atomic E-state index is 11.3. The zero-order chi connectivity index (χ0) is 14.8. The van der Waals surface area contributed by atoms with Crippen LogP contribution in [0.3, 0.4) is 0 Å². The molecular weight excluding hydrogens is 248 g/mol. The Bertz CT molecular complexity index is 583. The fourth-order valence-electron chi connectivity index (χ4n) is 3.01. The molecule has 0 unspecified atom stereocenters. The molecule has 0 aliphatic rings. The van der Waals surface area contributed by atoms with Crippen molar-refractivity contribution in [2.75, 3.05) is 0 Å². The summed E-state index contributed by atoms with van der Waals surface area (Å²) in [6.45, 7) is 6.01. The van der Waals surface area contributed by atoms with E-state index in [1.807, 2.05) is 69.3 Å². The number of aryl methyl sites for hydroxylation is 2. The Kier molecular flexibility index (Phi) is 3.93. The third-order valence-electron chi connectivity index (χ3n) is 3.98. The number of carbonyl (C=O) groups excluding carboxylic acids is 1. The number of aliphatic carboxylic acids is 1. The molecular formula is C18H19O2-. The van der Waals surface area contributed by atoms with Crippen LogP contribution >= 0.6 is 0 Å². The number of hydrogen-bond acceptors (Lipinski definition) is 2. The lowest BCUT2D eigenvalue weighted by molar-refractivity contribution is -0.306. The van der Waals surface area contributed by atoms with Crippen molar-refractivity contribution in [3.8, 4) is 0 Å². The van der Waals surface area contributed by atoms with Crippen LogP contribution in [0.4, 0.5) is 0 Å². The topological polar surface area (TPSA) is 40.1 Å². The van der Waals surface area contributed by atoms with Crippen molar-refractivity contribution >= 4 is 5.97 Å². The first-order chi connectivity index (χ1) is 9.45. The summed E-state index contributed by atoms with van der Waals surface area (Å²) >= 11 is 0. The van der Waals surface area contributed by atoms with E-state index in [9.17, 15) is 9.90 Å². The van der Waals surface area contributed by atoms with Crippen LogP contribution in [0.1, 0.15) is 35.6 Å². The third kappa shape index (κ3) is 2.60. The molecule has 0 bridgehead atoms. The second kappa shape index (κ2) is 5.49. The van der Waals surface area contributed by atoms with E-state index >= 15 is 0 Å². The van der Waals surface area contributed by atoms with Crippen molar-refractivity contribution < 1.29 is 9.90 Å². The molecule has 0 N–H and O–H groups in total. The number of rotatable bonds is 4. The van der Waals surface area contributed by atoms with E-state index in [4.69, 9.17) is 0 Å². The van der Waals surface area contributed by atoms with Gasteiger partial charge in [0.1, 0.15) is 0 Å². The summed E-state index contributed by atoms with van der Waals surface area (Å²) in [5, 5.41) is 11.3. The van der Waals surface area contributed by atoms with E-state index in [-0.39, 0.29) is 6.42 Å². The van der Waals surface area contributed by atoms with E-state index in [0.29, 0.717) is 0 Å². The van der Waals surface area contributed by atoms with Gasteiger partial charge in [0.2, 0.25) is 0 Å². The standard InChI is InChI=1S/C18H20O2/c1-13-8-4-6-10-15(13)18(3,12-17(19)20)16-11-7-5-9-14(16)2/h4-11H,12H2,1-3H3,(H,19,20)/p-1. The first-order valence-electron chi connectivity index (χ1n) is 6.77. The van der Waals surface area contributed by atoms with Crippen LogP contribution in [0.2, 0.25) is 0 Å². The molecule has 0 heterocycles. The molecule has 0 saturated heterocycles. The van der Waals surface area contributed by atoms with Gasteiger partial charge in [-0.3, -0.25) is 0 Å². The zero-order valence-electron chi connectivity index (χ0n) is 12.1. The molecule has 2 aromatic carbocycles. The highest BCUT2D eigenvalue weighted by Crippen LogP contribution is 2.38. The number of hydrogen-bond donors (Lipinski definition) is 0. The summed E-state index contributed by atoms with van der Waals surface area (Å²) in [5.74, 6) is -1.03. The van der Waals surface area contributed by atoms with E-state index in [1.54, 1.807) is 0 Å². The van der Waals surface area contributed by atoms with Gasteiger partial charge in [-0.05, 0) is 36.1 Å². The number of carboxylic acid groups (broad SMARTS) is 1. The molecule has 2 rings (SSSR count). The molecule has 2 nitrogen and oxygen atoms in total. The van der Waals surface area contributed by atoms with Crippen molar-refractivity contribution in [3.63, 3.8) is 0 Å². The molecule has 20 heavy (non-hydrogen) atoms. The fraction of sp³-hybridized carbons (Fsp3) is 0.278. The predicted octanol–water partition coefficient (Wildman–Crippen LogP) is 2.75. The van der Waals surface area contributed by atoms with Gasteiger partial charge in [-0.15, -0.1) is 0 Å². The van der Waals surface area contributed by atoms with E-state index in [0.717, 1.165) is 22.3 Å². The first-order valence-corrected chi connectivity index (χ1v) is 6.77. The van der Waals surface area contributed by atoms with E-state index in [1.165, 1.54) is 0 Å². The Balaban J connectivity index is 2.66. The quantitative estimate of drug-likeness (QED) is 0.854. The number of carbonyl (C=O) groups is 1. The number of benzene rings is 2. The molecule has 0 aromatic heterocycles. The Morgan fingerprint density at radius 1 is 0.950 bits per heavy atom. The normalized spacial score (nSPS) is 11.3. The largest absolute Gasteiger partial charge is 0.550 e. The maximum Gasteiger partial charge on any atom is 0.0426 e. The van der Waals surface area contributed by atoms with Crippen molar-refractivity contribution in [1.29, 1.82) is 0 Å². The van der Waals surface area contributed by atoms with Crippen LogP contribution in [0.25, 0.3) is 0 Å². The molecule has 0 aliphatic carbocycles. The minimum absolute atomic E-state index is 0.0251. The van der Waals surface area contributed by atoms with Gasteiger partial charge in [-0.25, -0.2) is 0 Å². The van der Waals surface area contributed by atoms with Gasteiger partial charge in [0.15, 0.2) is 0 Å². The Labute approximate surface area is 120 Å². The molecule has 0 atom stereocenters. The van der Waals surface area contributed by atoms with Gasteiger partial charge in [0.25, 0.3) is 0 Å². The molecule has 0 spiro atoms. The summed E-state index contributed by atoms with van der Waals surface area (Å²) in [5.41, 5.74) is 3.70. The van der Waals surface area contributed by atoms with Crippen LogP contribution in [0.5, 0.6) is 0 Å². The molecule has 0 radical (unpaired) electrons. The SMILES string of the molecule is Cc1ccccc1C(C)(CC(=O)[O-])c1ccccc1C. The van der Waals surface area contributed by atoms with Crippen LogP contribution in [-0.2, 0) is 10.2 Å². The van der Waals surface area contributed by atoms with Crippen molar-refractivity contribution in [2.24, 2.45) is 0 Å². The number of carboxylic acids is 1. The van der Waals surface area contributed by atoms with Crippen LogP contribution in [-0.4, -0.2) is 5.97 Å². The maximum absolute atomic E-state index is 11.3. The van der Waals surface area contributed by atoms with E-state index in [2.05, 4.69) is 0 Å². The van der Waals surface area contributed by atoms with Crippen LogP contribution in [0.15, 0.2) is 48.5 Å². The lowest BCUT2D eigenvalue weighted by Crippen LogP contribution is -2.35. The van der Waals surface area contributed by atoms with Crippen molar-refractivity contribution in [2.45, 2.75) is 32.6 Å². The zero-order valence-corrected chi connectivity index (χ0v) is 12.1. The lowest BCUT2D eigenvalue weighted by Gasteiger charge is -2.34. The second-order valence-corrected chi connectivity index (χ2v) is 5.51. The van der Waals surface area contributed by atoms with Gasteiger partial charge >= 0.3 is 0 Å². The van der Waals surface area contributed by atoms with E-state index < -0.39 is 11.4 Å². The molecule has 2 aromatic rings. The highest BCUT2D eigenvalue weighted by Gasteiger charge is 2.31. The monoisotopic (exact) mass is 267 g/mol. The van der Waals surface area contributed by atoms with Crippen LogP contribution in [0, 0.1) is 13.8 Å². The summed E-state index contributed by atoms with van der Waals surface area (Å²) < 4.78 is 0. The van der Waals surface area contributed by atoms with Gasteiger partial charge < -0.3 is 9.90 Å². The molecule has 0 saturated carbocycles. The average molecular weight is 267 g/mol. The molecule has 0 amide bonds. The molecule has 0 fully saturated rings. The minimum Gasteiger partial charge on any atom is -0.550 e. The Morgan fingerprint density at radius 2 is 1.35 bits per heavy atom.